The van der Waals surface area contributed by atoms with E-state index in [0.29, 0.717) is 56.4 Å². The molecule has 4 aliphatic heterocycles. The molecule has 4 aliphatic rings. The summed E-state index contributed by atoms with van der Waals surface area (Å²) in [7, 11) is 0. The summed E-state index contributed by atoms with van der Waals surface area (Å²) in [6.45, 7) is 12.3. The maximum absolute atomic E-state index is 9.46. The van der Waals surface area contributed by atoms with Crippen LogP contribution < -0.4 is 19.3 Å². The number of hydrogen-bond donors (Lipinski definition) is 0. The zero-order chi connectivity index (χ0) is 51.4. The molecule has 0 unspecified atom stereocenters. The van der Waals surface area contributed by atoms with Crippen molar-refractivity contribution in [3.63, 3.8) is 0 Å². The first kappa shape index (κ1) is 37.6. The van der Waals surface area contributed by atoms with Crippen molar-refractivity contribution in [1.29, 1.82) is 0 Å². The molecule has 0 amide bonds. The summed E-state index contributed by atoms with van der Waals surface area (Å²) in [5.74, 6) is 2.13. The van der Waals surface area contributed by atoms with Gasteiger partial charge in [-0.1, -0.05) is 125 Å². The minimum absolute atomic E-state index is 0. The Labute approximate surface area is 427 Å². The van der Waals surface area contributed by atoms with E-state index >= 15 is 0 Å². The molecule has 10 aromatic rings. The van der Waals surface area contributed by atoms with Crippen LogP contribution in [0.2, 0.25) is 0 Å². The Bertz CT molecular complexity index is 3890. The smallest absolute Gasteiger partial charge is 0.135 e. The molecule has 7 heteroatoms. The SMILES string of the molecule is [2H]c1c([2H])c([2H])c2c(c1[2H])c1ccc3[c-]c1n2-c1cc(C(C)(C)C)c(cn1)-c1ccc(cc1)Oc1cccc(c1)-c1cc(C([2H])([2H])C(C)C)cc(-c2ccccc2)c1N1[CH-]N(c2[c-]c(ccc2)O3)c2ccccc21.[Pt]. The van der Waals surface area contributed by atoms with Crippen LogP contribution in [0.15, 0.2) is 182 Å². The number of benzene rings is 8. The Balaban J connectivity index is 0.00000602. The first-order chi connectivity index (χ1) is 35.5. The Morgan fingerprint density at radius 3 is 2.13 bits per heavy atom. The molecule has 6 heterocycles. The fourth-order valence-corrected chi connectivity index (χ4v) is 9.50. The minimum atomic E-state index is -1.67. The number of ether oxygens (including phenoxy) is 2. The predicted octanol–water partition coefficient (Wildman–Crippen LogP) is 16.6. The summed E-state index contributed by atoms with van der Waals surface area (Å²) in [4.78, 5) is 9.29. The van der Waals surface area contributed by atoms with Gasteiger partial charge < -0.3 is 23.8 Å². The van der Waals surface area contributed by atoms with E-state index in [4.69, 9.17) is 18.6 Å². The van der Waals surface area contributed by atoms with Crippen LogP contribution in [0.25, 0.3) is 61.0 Å². The number of hydrogen-bond acceptors (Lipinski definition) is 5. The molecule has 0 N–H and O–H groups in total. The first-order valence-corrected chi connectivity index (χ1v) is 22.9. The average molecular weight is 1080 g/mol. The molecule has 2 aromatic heterocycles. The molecule has 0 saturated heterocycles. The van der Waals surface area contributed by atoms with E-state index in [2.05, 4.69) is 67.0 Å². The van der Waals surface area contributed by atoms with Crippen LogP contribution in [0.1, 0.15) is 54.0 Å². The van der Waals surface area contributed by atoms with E-state index in [1.54, 1.807) is 10.6 Å². The Kier molecular flexibility index (Phi) is 9.58. The maximum atomic E-state index is 9.46. The molecule has 0 saturated carbocycles. The summed E-state index contributed by atoms with van der Waals surface area (Å²) in [6.07, 6.45) is 0.153. The summed E-state index contributed by atoms with van der Waals surface area (Å²) in [5.41, 5.74) is 10.5. The normalized spacial score (nSPS) is 14.3. The van der Waals surface area contributed by atoms with Crippen LogP contribution in [-0.2, 0) is 32.9 Å². The van der Waals surface area contributed by atoms with Gasteiger partial charge in [-0.25, -0.2) is 4.98 Å². The molecule has 342 valence electrons. The zero-order valence-corrected chi connectivity index (χ0v) is 40.9. The molecule has 0 fully saturated rings. The van der Waals surface area contributed by atoms with Crippen molar-refractivity contribution in [2.45, 2.75) is 46.4 Å². The topological polar surface area (TPSA) is 42.8 Å². The van der Waals surface area contributed by atoms with Crippen LogP contribution in [0.5, 0.6) is 23.0 Å². The number of fused-ring (bicyclic) bond motifs is 5. The van der Waals surface area contributed by atoms with Gasteiger partial charge in [0.05, 0.1) is 5.48 Å². The molecular formula is C62H49N4O2Pt-3. The third-order valence-corrected chi connectivity index (χ3v) is 12.5. The fourth-order valence-electron chi connectivity index (χ4n) is 9.50. The van der Waals surface area contributed by atoms with Gasteiger partial charge in [0, 0.05) is 80.8 Å². The Morgan fingerprint density at radius 1 is 0.652 bits per heavy atom. The largest absolute Gasteiger partial charge is 0.509 e. The van der Waals surface area contributed by atoms with Crippen molar-refractivity contribution >= 4 is 44.6 Å². The second-order valence-corrected chi connectivity index (χ2v) is 18.6. The van der Waals surface area contributed by atoms with E-state index in [1.165, 1.54) is 0 Å². The van der Waals surface area contributed by atoms with Crippen LogP contribution in [0.3, 0.4) is 0 Å². The monoisotopic (exact) mass is 1080 g/mol. The molecule has 0 aliphatic carbocycles. The quantitative estimate of drug-likeness (QED) is 0.165. The maximum Gasteiger partial charge on any atom is 0.135 e. The van der Waals surface area contributed by atoms with Crippen molar-refractivity contribution in [2.24, 2.45) is 5.92 Å². The van der Waals surface area contributed by atoms with E-state index in [1.807, 2.05) is 148 Å². The van der Waals surface area contributed by atoms with Gasteiger partial charge >= 0.3 is 0 Å². The Morgan fingerprint density at radius 2 is 1.35 bits per heavy atom. The van der Waals surface area contributed by atoms with E-state index < -0.39 is 11.8 Å². The molecular weight excluding hydrogens is 1030 g/mol. The van der Waals surface area contributed by atoms with Crippen LogP contribution in [-0.4, -0.2) is 9.55 Å². The fraction of sp³-hybridized carbons (Fsp3) is 0.129. The van der Waals surface area contributed by atoms with E-state index in [-0.39, 0.29) is 56.7 Å². The van der Waals surface area contributed by atoms with Crippen LogP contribution in [0, 0.1) is 24.7 Å². The second kappa shape index (κ2) is 17.6. The van der Waals surface area contributed by atoms with Crippen molar-refractivity contribution in [1.82, 2.24) is 9.55 Å². The molecule has 0 spiro atoms. The predicted molar refractivity (Wildman–Crippen MR) is 278 cm³/mol. The van der Waals surface area contributed by atoms with E-state index in [9.17, 15) is 4.11 Å². The average Bonchev–Trinajstić information content (AvgIpc) is 3.98. The van der Waals surface area contributed by atoms with E-state index in [0.717, 1.165) is 56.0 Å². The number of aromatic nitrogens is 2. The standard InChI is InChI=1S/C62H49N4O2.Pt/c1-40(2)31-41-32-52(42-15-7-6-8-16-42)61-53(33-41)44-17-13-19-47(34-44)67-46-27-25-43(26-28-46)54-38-63-60(37-55(54)62(3,4)5)66-56-22-10-9-21-50(56)51-30-29-49(36-59(51)66)68-48-20-14-18-45(35-48)64-39-65(61)58-24-12-11-23-57(58)64;/h6-30,32-34,37-40H,31H2,1-5H3;/q-3;/i9D,10D,21D,22D,31D2;. The number of rotatable bonds is 3. The van der Waals surface area contributed by atoms with Crippen LogP contribution in [0.4, 0.5) is 22.7 Å². The van der Waals surface area contributed by atoms with Crippen LogP contribution >= 0.6 is 0 Å². The number of pyridine rings is 1. The molecule has 8 aromatic carbocycles. The van der Waals surface area contributed by atoms with Crippen molar-refractivity contribution < 1.29 is 38.8 Å². The van der Waals surface area contributed by atoms with Gasteiger partial charge in [0.25, 0.3) is 0 Å². The van der Waals surface area contributed by atoms with Gasteiger partial charge in [-0.15, -0.1) is 48.1 Å². The summed E-state index contributed by atoms with van der Waals surface area (Å²) in [6, 6.07) is 55.4. The number of anilines is 4. The molecule has 0 radical (unpaired) electrons. The van der Waals surface area contributed by atoms with Gasteiger partial charge in [-0.2, -0.15) is 12.1 Å². The van der Waals surface area contributed by atoms with Gasteiger partial charge in [-0.05, 0) is 112 Å². The summed E-state index contributed by atoms with van der Waals surface area (Å²) >= 11 is 0. The molecule has 6 nitrogen and oxygen atoms in total. The molecule has 69 heavy (non-hydrogen) atoms. The van der Waals surface area contributed by atoms with Gasteiger partial charge in [0.1, 0.15) is 17.3 Å². The van der Waals surface area contributed by atoms with Gasteiger partial charge in [0.2, 0.25) is 0 Å². The zero-order valence-electron chi connectivity index (χ0n) is 44.6. The first-order valence-electron chi connectivity index (χ1n) is 25.9. The van der Waals surface area contributed by atoms with Crippen molar-refractivity contribution in [2.75, 3.05) is 9.80 Å². The van der Waals surface area contributed by atoms with Crippen molar-refractivity contribution in [3.8, 4) is 62.2 Å². The van der Waals surface area contributed by atoms with Gasteiger partial charge in [0.15, 0.2) is 0 Å². The summed E-state index contributed by atoms with van der Waals surface area (Å²) in [5, 5.41) is 0.934. The molecule has 12 bridgehead atoms. The number of nitrogens with zero attached hydrogens (tertiary/aromatic N) is 4. The minimum Gasteiger partial charge on any atom is -0.509 e. The van der Waals surface area contributed by atoms with Gasteiger partial charge in [-0.3, -0.25) is 0 Å². The molecule has 0 atom stereocenters. The molecule has 14 rings (SSSR count). The third kappa shape index (κ3) is 8.07. The summed E-state index contributed by atoms with van der Waals surface area (Å²) < 4.78 is 69.8. The second-order valence-electron chi connectivity index (χ2n) is 18.6. The Hall–Kier alpha value is -7.40. The van der Waals surface area contributed by atoms with Crippen molar-refractivity contribution in [3.05, 3.63) is 212 Å². The third-order valence-electron chi connectivity index (χ3n) is 12.5. The number of para-hydroxylation sites is 3.